The van der Waals surface area contributed by atoms with Gasteiger partial charge in [-0.2, -0.15) is 0 Å². The summed E-state index contributed by atoms with van der Waals surface area (Å²) in [6.45, 7) is 5.51. The lowest BCUT2D eigenvalue weighted by atomic mass is 10.1. The van der Waals surface area contributed by atoms with Crippen molar-refractivity contribution in [3.05, 3.63) is 45.9 Å². The Labute approximate surface area is 104 Å². The predicted molar refractivity (Wildman–Crippen MR) is 70.3 cm³/mol. The van der Waals surface area contributed by atoms with Crippen LogP contribution in [0, 0.1) is 6.92 Å². The summed E-state index contributed by atoms with van der Waals surface area (Å²) in [5.74, 6) is -1.08. The van der Waals surface area contributed by atoms with E-state index in [4.69, 9.17) is 0 Å². The van der Waals surface area contributed by atoms with E-state index in [0.29, 0.717) is 10.8 Å². The molecule has 4 nitrogen and oxygen atoms in total. The van der Waals surface area contributed by atoms with Gasteiger partial charge in [-0.1, -0.05) is 17.7 Å². The fourth-order valence-corrected chi connectivity index (χ4v) is 2.11. The van der Waals surface area contributed by atoms with Gasteiger partial charge in [-0.3, -0.25) is 9.36 Å². The molecule has 2 rings (SSSR count). The number of aromatic nitrogens is 1. The molecule has 4 heteroatoms. The van der Waals surface area contributed by atoms with Crippen molar-refractivity contribution in [3.63, 3.8) is 0 Å². The molecule has 0 aliphatic rings. The fraction of sp³-hybridized carbons (Fsp3) is 0.286. The third-order valence-corrected chi connectivity index (χ3v) is 2.95. The van der Waals surface area contributed by atoms with Crippen molar-refractivity contribution in [2.75, 3.05) is 0 Å². The maximum Gasteiger partial charge on any atom is 0.352 e. The van der Waals surface area contributed by atoms with Crippen molar-refractivity contribution in [3.8, 4) is 0 Å². The molecule has 0 aliphatic carbocycles. The largest absolute Gasteiger partial charge is 0.477 e. The second kappa shape index (κ2) is 4.29. The summed E-state index contributed by atoms with van der Waals surface area (Å²) in [5.41, 5.74) is 0.771. The van der Waals surface area contributed by atoms with Gasteiger partial charge < -0.3 is 5.11 Å². The second-order valence-corrected chi connectivity index (χ2v) is 4.69. The van der Waals surface area contributed by atoms with E-state index in [1.165, 1.54) is 4.57 Å². The number of hydrogen-bond donors (Lipinski definition) is 1. The molecule has 1 heterocycles. The van der Waals surface area contributed by atoms with Crippen molar-refractivity contribution in [1.29, 1.82) is 0 Å². The molecule has 0 amide bonds. The number of fused-ring (bicyclic) bond motifs is 1. The van der Waals surface area contributed by atoms with E-state index in [2.05, 4.69) is 0 Å². The zero-order valence-electron chi connectivity index (χ0n) is 10.6. The molecule has 0 bridgehead atoms. The molecule has 0 aliphatic heterocycles. The quantitative estimate of drug-likeness (QED) is 0.884. The summed E-state index contributed by atoms with van der Waals surface area (Å²) >= 11 is 0. The van der Waals surface area contributed by atoms with Gasteiger partial charge in [0, 0.05) is 11.4 Å². The first-order chi connectivity index (χ1) is 8.41. The van der Waals surface area contributed by atoms with Crippen LogP contribution in [0.4, 0.5) is 0 Å². The first-order valence-electron chi connectivity index (χ1n) is 5.81. The van der Waals surface area contributed by atoms with Gasteiger partial charge in [-0.25, -0.2) is 4.79 Å². The Morgan fingerprint density at radius 3 is 2.50 bits per heavy atom. The number of carbonyl (C=O) groups is 1. The van der Waals surface area contributed by atoms with Crippen LogP contribution in [0.5, 0.6) is 0 Å². The zero-order chi connectivity index (χ0) is 13.4. The molecule has 0 atom stereocenters. The third-order valence-electron chi connectivity index (χ3n) is 2.95. The van der Waals surface area contributed by atoms with Crippen LogP contribution < -0.4 is 5.56 Å². The lowest BCUT2D eigenvalue weighted by molar-refractivity contribution is 0.0682. The zero-order valence-corrected chi connectivity index (χ0v) is 10.6. The number of hydrogen-bond acceptors (Lipinski definition) is 2. The maximum absolute atomic E-state index is 12.3. The predicted octanol–water partition coefficient (Wildman–Crippen LogP) is 2.59. The monoisotopic (exact) mass is 245 g/mol. The smallest absolute Gasteiger partial charge is 0.352 e. The van der Waals surface area contributed by atoms with Crippen LogP contribution in [0.2, 0.25) is 0 Å². The molecule has 0 spiro atoms. The van der Waals surface area contributed by atoms with Gasteiger partial charge in [0.15, 0.2) is 0 Å². The number of aryl methyl sites for hydroxylation is 1. The minimum absolute atomic E-state index is 0.0337. The van der Waals surface area contributed by atoms with Crippen molar-refractivity contribution in [2.45, 2.75) is 26.8 Å². The van der Waals surface area contributed by atoms with E-state index in [1.807, 2.05) is 13.0 Å². The normalized spacial score (nSPS) is 11.1. The van der Waals surface area contributed by atoms with Crippen LogP contribution in [0.15, 0.2) is 29.1 Å². The van der Waals surface area contributed by atoms with Crippen LogP contribution in [0.3, 0.4) is 0 Å². The summed E-state index contributed by atoms with van der Waals surface area (Å²) in [6.07, 6.45) is 0. The Morgan fingerprint density at radius 1 is 1.28 bits per heavy atom. The number of pyridine rings is 1. The summed E-state index contributed by atoms with van der Waals surface area (Å²) in [7, 11) is 0. The molecule has 1 N–H and O–H groups in total. The highest BCUT2D eigenvalue weighted by Gasteiger charge is 2.16. The maximum atomic E-state index is 12.3. The molecular weight excluding hydrogens is 230 g/mol. The van der Waals surface area contributed by atoms with Crippen LogP contribution in [0.1, 0.15) is 35.9 Å². The first kappa shape index (κ1) is 12.4. The van der Waals surface area contributed by atoms with Gasteiger partial charge in [-0.05, 0) is 38.3 Å². The molecule has 2 aromatic rings. The first-order valence-corrected chi connectivity index (χ1v) is 5.81. The van der Waals surface area contributed by atoms with E-state index >= 15 is 0 Å². The number of nitrogens with zero attached hydrogens (tertiary/aromatic N) is 1. The SMILES string of the molecule is Cc1ccc2cc(C(=O)O)n(C(C)C)c(=O)c2c1. The molecule has 0 fully saturated rings. The van der Waals surface area contributed by atoms with Gasteiger partial charge in [0.05, 0.1) is 0 Å². The Kier molecular flexibility index (Phi) is 2.95. The van der Waals surface area contributed by atoms with Crippen LogP contribution in [-0.2, 0) is 0 Å². The fourth-order valence-electron chi connectivity index (χ4n) is 2.11. The van der Waals surface area contributed by atoms with Crippen molar-refractivity contribution >= 4 is 16.7 Å². The van der Waals surface area contributed by atoms with Gasteiger partial charge in [0.25, 0.3) is 5.56 Å². The number of rotatable bonds is 2. The van der Waals surface area contributed by atoms with Crippen molar-refractivity contribution < 1.29 is 9.90 Å². The van der Waals surface area contributed by atoms with E-state index < -0.39 is 5.97 Å². The second-order valence-electron chi connectivity index (χ2n) is 4.69. The summed E-state index contributed by atoms with van der Waals surface area (Å²) in [5, 5.41) is 10.4. The Morgan fingerprint density at radius 2 is 1.94 bits per heavy atom. The van der Waals surface area contributed by atoms with E-state index in [1.54, 1.807) is 32.0 Å². The molecule has 0 saturated heterocycles. The average molecular weight is 245 g/mol. The van der Waals surface area contributed by atoms with E-state index in [-0.39, 0.29) is 17.3 Å². The molecule has 0 saturated carbocycles. The van der Waals surface area contributed by atoms with E-state index in [0.717, 1.165) is 5.56 Å². The highest BCUT2D eigenvalue weighted by molar-refractivity contribution is 5.92. The number of carboxylic acids is 1. The molecule has 0 unspecified atom stereocenters. The van der Waals surface area contributed by atoms with Crippen molar-refractivity contribution in [1.82, 2.24) is 4.57 Å². The Bertz CT molecular complexity index is 683. The van der Waals surface area contributed by atoms with Gasteiger partial charge in [-0.15, -0.1) is 0 Å². The summed E-state index contributed by atoms with van der Waals surface area (Å²) in [4.78, 5) is 23.6. The summed E-state index contributed by atoms with van der Waals surface area (Å²) < 4.78 is 1.32. The molecule has 18 heavy (non-hydrogen) atoms. The van der Waals surface area contributed by atoms with Crippen molar-refractivity contribution in [2.24, 2.45) is 0 Å². The standard InChI is InChI=1S/C14H15NO3/c1-8(2)15-12(14(17)18)7-10-5-4-9(3)6-11(10)13(15)16/h4-8H,1-3H3,(H,17,18). The third kappa shape index (κ3) is 1.90. The van der Waals surface area contributed by atoms with Crippen LogP contribution in [-0.4, -0.2) is 15.6 Å². The summed E-state index contributed by atoms with van der Waals surface area (Å²) in [6, 6.07) is 6.81. The van der Waals surface area contributed by atoms with Gasteiger partial charge in [0.1, 0.15) is 5.69 Å². The lowest BCUT2D eigenvalue weighted by Gasteiger charge is -2.15. The number of benzene rings is 1. The van der Waals surface area contributed by atoms with E-state index in [9.17, 15) is 14.7 Å². The van der Waals surface area contributed by atoms with Gasteiger partial charge >= 0.3 is 5.97 Å². The Balaban J connectivity index is 2.95. The van der Waals surface area contributed by atoms with Crippen LogP contribution in [0.25, 0.3) is 10.8 Å². The molecule has 0 radical (unpaired) electrons. The highest BCUT2D eigenvalue weighted by Crippen LogP contribution is 2.17. The molecule has 94 valence electrons. The topological polar surface area (TPSA) is 59.3 Å². The lowest BCUT2D eigenvalue weighted by Crippen LogP contribution is -2.27. The minimum atomic E-state index is -1.08. The molecule has 1 aromatic heterocycles. The number of aromatic carboxylic acids is 1. The average Bonchev–Trinajstić information content (AvgIpc) is 2.28. The highest BCUT2D eigenvalue weighted by atomic mass is 16.4. The Hall–Kier alpha value is -2.10. The molecule has 1 aromatic carbocycles. The molecular formula is C14H15NO3. The number of carboxylic acid groups (broad SMARTS) is 1. The minimum Gasteiger partial charge on any atom is -0.477 e. The van der Waals surface area contributed by atoms with Gasteiger partial charge in [0.2, 0.25) is 0 Å². The van der Waals surface area contributed by atoms with Crippen LogP contribution >= 0.6 is 0 Å².